The minimum Gasteiger partial charge on any atom is -0.466 e. The Bertz CT molecular complexity index is 1310. The summed E-state index contributed by atoms with van der Waals surface area (Å²) in [4.78, 5) is 50.1. The zero-order chi connectivity index (χ0) is 50.5. The molecule has 0 radical (unpaired) electrons. The number of nitrogens with one attached hydrogen (secondary N) is 2. The quantitative estimate of drug-likeness (QED) is 0.0371. The van der Waals surface area contributed by atoms with E-state index in [0.717, 1.165) is 75.8 Å². The van der Waals surface area contributed by atoms with Crippen molar-refractivity contribution in [3.05, 3.63) is 30.0 Å². The van der Waals surface area contributed by atoms with Crippen molar-refractivity contribution < 1.29 is 28.6 Å². The van der Waals surface area contributed by atoms with Gasteiger partial charge in [0.2, 0.25) is 0 Å². The highest BCUT2D eigenvalue weighted by atomic mass is 16.5. The van der Waals surface area contributed by atoms with E-state index in [1.54, 1.807) is 6.33 Å². The molecule has 0 saturated heterocycles. The third kappa shape index (κ3) is 46.0. The van der Waals surface area contributed by atoms with E-state index in [2.05, 4.69) is 52.0 Å². The van der Waals surface area contributed by atoms with E-state index in [0.29, 0.717) is 58.7 Å². The minimum absolute atomic E-state index is 0.0808. The average Bonchev–Trinajstić information content (AvgIpc) is 4.10. The van der Waals surface area contributed by atoms with Gasteiger partial charge in [-0.25, -0.2) is 4.98 Å². The van der Waals surface area contributed by atoms with Gasteiger partial charge in [0.1, 0.15) is 0 Å². The molecule has 2 rings (SSSR count). The third-order valence-corrected chi connectivity index (χ3v) is 13.3. The van der Waals surface area contributed by atoms with Gasteiger partial charge >= 0.3 is 17.9 Å². The van der Waals surface area contributed by atoms with Crippen LogP contribution in [-0.2, 0) is 35.0 Å². The van der Waals surface area contributed by atoms with E-state index < -0.39 is 0 Å². The molecule has 0 atom stereocenters. The number of aliphatic imine (C=N–C) groups is 1. The molecule has 1 aromatic rings. The van der Waals surface area contributed by atoms with Crippen LogP contribution in [0.4, 0.5) is 0 Å². The highest BCUT2D eigenvalue weighted by molar-refractivity contribution is 5.70. The van der Waals surface area contributed by atoms with Crippen LogP contribution in [0.2, 0.25) is 0 Å². The summed E-state index contributed by atoms with van der Waals surface area (Å²) < 4.78 is 16.3. The first-order valence-corrected chi connectivity index (χ1v) is 29.6. The van der Waals surface area contributed by atoms with Gasteiger partial charge in [0.15, 0.2) is 0 Å². The first-order chi connectivity index (χ1) is 34.5. The number of imidazole rings is 1. The Morgan fingerprint density at radius 1 is 0.500 bits per heavy atom. The van der Waals surface area contributed by atoms with Gasteiger partial charge in [-0.15, -0.1) is 0 Å². The summed E-state index contributed by atoms with van der Waals surface area (Å²) in [5.41, 5.74) is 2.20. The summed E-state index contributed by atoms with van der Waals surface area (Å²) >= 11 is 0. The Labute approximate surface area is 430 Å². The highest BCUT2D eigenvalue weighted by Crippen LogP contribution is 2.15. The SMILES string of the molecule is CCCCCCCCCCCCCOC(=O)CCN(CCC(=O)OCCCCCCCCCCCCC)CCc1cnc[nH]1.CCCCCCCCCCCCCOC(=O)CCNCCC1=CCC=N1. The van der Waals surface area contributed by atoms with Crippen molar-refractivity contribution in [2.45, 2.75) is 271 Å². The molecule has 11 nitrogen and oxygen atoms in total. The number of aromatic nitrogens is 2. The van der Waals surface area contributed by atoms with Gasteiger partial charge in [-0.05, 0) is 19.3 Å². The maximum absolute atomic E-state index is 12.4. The fourth-order valence-corrected chi connectivity index (χ4v) is 8.72. The number of hydrogen-bond donors (Lipinski definition) is 2. The number of rotatable bonds is 51. The van der Waals surface area contributed by atoms with Crippen LogP contribution in [0.5, 0.6) is 0 Å². The molecule has 1 aliphatic rings. The molecule has 2 heterocycles. The Balaban J connectivity index is 0.000000799. The van der Waals surface area contributed by atoms with Crippen molar-refractivity contribution in [1.29, 1.82) is 0 Å². The second-order valence-corrected chi connectivity index (χ2v) is 19.9. The molecule has 0 spiro atoms. The van der Waals surface area contributed by atoms with Crippen LogP contribution < -0.4 is 5.32 Å². The van der Waals surface area contributed by atoms with Crippen molar-refractivity contribution >= 4 is 24.1 Å². The molecule has 0 bridgehead atoms. The van der Waals surface area contributed by atoms with Crippen LogP contribution in [0.3, 0.4) is 0 Å². The van der Waals surface area contributed by atoms with E-state index in [4.69, 9.17) is 14.2 Å². The molecule has 70 heavy (non-hydrogen) atoms. The molecule has 11 heteroatoms. The number of H-pyrrole nitrogens is 1. The van der Waals surface area contributed by atoms with Gasteiger partial charge in [0.25, 0.3) is 0 Å². The number of allylic oxidation sites excluding steroid dienone is 1. The van der Waals surface area contributed by atoms with Crippen LogP contribution in [0, 0.1) is 0 Å². The number of carbonyl (C=O) groups is 3. The maximum atomic E-state index is 12.4. The first kappa shape index (κ1) is 65.0. The largest absolute Gasteiger partial charge is 0.466 e. The number of aromatic amines is 1. The predicted octanol–water partition coefficient (Wildman–Crippen LogP) is 15.3. The molecule has 0 fully saturated rings. The standard InChI is InChI=1S/C37H69N3O4.C22H40N2O2/c1-3-5-7-9-11-13-15-17-19-21-23-31-43-36(41)26-29-40(28-25-35-33-38-34-39-35)30-27-37(42)44-32-24-22-20-18-16-14-12-10-8-6-4-2;1-2-3-4-5-6-7-8-9-10-11-12-20-26-22(25)16-19-23-18-15-21-14-13-17-24-21/h33-34H,3-32H2,1-2H3,(H,38,39);14,17,23H,2-13,15-16,18-20H2,1H3. The Morgan fingerprint density at radius 3 is 1.24 bits per heavy atom. The van der Waals surface area contributed by atoms with Crippen molar-refractivity contribution in [2.24, 2.45) is 4.99 Å². The molecule has 0 unspecified atom stereocenters. The fourth-order valence-electron chi connectivity index (χ4n) is 8.72. The van der Waals surface area contributed by atoms with Crippen LogP contribution in [0.1, 0.15) is 270 Å². The Morgan fingerprint density at radius 2 is 0.886 bits per heavy atom. The van der Waals surface area contributed by atoms with E-state index in [9.17, 15) is 14.4 Å². The zero-order valence-electron chi connectivity index (χ0n) is 45.8. The molecule has 1 aromatic heterocycles. The van der Waals surface area contributed by atoms with Crippen molar-refractivity contribution in [3.63, 3.8) is 0 Å². The summed E-state index contributed by atoms with van der Waals surface area (Å²) in [6.45, 7) is 11.9. The van der Waals surface area contributed by atoms with Gasteiger partial charge < -0.3 is 29.4 Å². The molecular formula is C59H109N5O6. The summed E-state index contributed by atoms with van der Waals surface area (Å²) in [6.07, 6.45) is 54.0. The van der Waals surface area contributed by atoms with Crippen LogP contribution in [0.15, 0.2) is 29.3 Å². The van der Waals surface area contributed by atoms with Gasteiger partial charge in [-0.3, -0.25) is 19.4 Å². The van der Waals surface area contributed by atoms with E-state index in [1.165, 1.54) is 180 Å². The fraction of sp³-hybridized carbons (Fsp3) is 0.847. The van der Waals surface area contributed by atoms with E-state index in [-0.39, 0.29) is 17.9 Å². The summed E-state index contributed by atoms with van der Waals surface area (Å²) in [6, 6.07) is 0. The predicted molar refractivity (Wildman–Crippen MR) is 294 cm³/mol. The van der Waals surface area contributed by atoms with Crippen molar-refractivity contribution in [1.82, 2.24) is 20.2 Å². The average molecular weight is 985 g/mol. The number of esters is 3. The highest BCUT2D eigenvalue weighted by Gasteiger charge is 2.13. The first-order valence-electron chi connectivity index (χ1n) is 29.6. The Kier molecular flexibility index (Phi) is 48.5. The molecule has 0 aromatic carbocycles. The topological polar surface area (TPSA) is 135 Å². The van der Waals surface area contributed by atoms with Crippen molar-refractivity contribution in [3.8, 4) is 0 Å². The molecular weight excluding hydrogens is 875 g/mol. The lowest BCUT2D eigenvalue weighted by Crippen LogP contribution is -2.31. The lowest BCUT2D eigenvalue weighted by atomic mass is 10.1. The van der Waals surface area contributed by atoms with Crippen LogP contribution in [0.25, 0.3) is 0 Å². The number of nitrogens with zero attached hydrogens (tertiary/aromatic N) is 3. The second kappa shape index (κ2) is 52.3. The van der Waals surface area contributed by atoms with Crippen LogP contribution >= 0.6 is 0 Å². The zero-order valence-corrected chi connectivity index (χ0v) is 45.8. The summed E-state index contributed by atoms with van der Waals surface area (Å²) in [5.74, 6) is -0.381. The molecule has 0 saturated carbocycles. The minimum atomic E-state index is -0.150. The van der Waals surface area contributed by atoms with Crippen molar-refractivity contribution in [2.75, 3.05) is 52.5 Å². The molecule has 2 N–H and O–H groups in total. The Hall–Kier alpha value is -3.05. The summed E-state index contributed by atoms with van der Waals surface area (Å²) in [5, 5.41) is 3.27. The van der Waals surface area contributed by atoms with Crippen LogP contribution in [-0.4, -0.2) is 91.5 Å². The molecule has 0 amide bonds. The number of hydrogen-bond acceptors (Lipinski definition) is 10. The monoisotopic (exact) mass is 984 g/mol. The van der Waals surface area contributed by atoms with E-state index in [1.807, 2.05) is 12.4 Å². The van der Waals surface area contributed by atoms with Gasteiger partial charge in [0, 0.05) is 75.8 Å². The molecule has 406 valence electrons. The normalized spacial score (nSPS) is 12.0. The third-order valence-electron chi connectivity index (χ3n) is 13.3. The molecule has 0 aliphatic carbocycles. The lowest BCUT2D eigenvalue weighted by Gasteiger charge is -2.21. The lowest BCUT2D eigenvalue weighted by molar-refractivity contribution is -0.145. The van der Waals surface area contributed by atoms with Gasteiger partial charge in [-0.2, -0.15) is 0 Å². The smallest absolute Gasteiger partial charge is 0.307 e. The number of unbranched alkanes of at least 4 members (excludes halogenated alkanes) is 30. The number of ether oxygens (including phenoxy) is 3. The van der Waals surface area contributed by atoms with Gasteiger partial charge in [0.05, 0.1) is 45.4 Å². The summed E-state index contributed by atoms with van der Waals surface area (Å²) in [7, 11) is 0. The van der Waals surface area contributed by atoms with E-state index >= 15 is 0 Å². The second-order valence-electron chi connectivity index (χ2n) is 19.9. The molecule has 1 aliphatic heterocycles. The van der Waals surface area contributed by atoms with Gasteiger partial charge in [-0.1, -0.05) is 219 Å². The number of carbonyl (C=O) groups excluding carboxylic acids is 3. The maximum Gasteiger partial charge on any atom is 0.307 e.